The SMILES string of the molecule is CC(NCC1CCSC1)c1ccc(O)cc1F. The van der Waals surface area contributed by atoms with Gasteiger partial charge in [0.15, 0.2) is 0 Å². The summed E-state index contributed by atoms with van der Waals surface area (Å²) in [5.74, 6) is 2.80. The Bertz CT molecular complexity index is 380. The third-order valence-electron chi connectivity index (χ3n) is 3.19. The minimum Gasteiger partial charge on any atom is -0.508 e. The van der Waals surface area contributed by atoms with Gasteiger partial charge in [-0.25, -0.2) is 4.39 Å². The second-order valence-corrected chi connectivity index (χ2v) is 5.72. The van der Waals surface area contributed by atoms with Gasteiger partial charge in [0, 0.05) is 17.7 Å². The van der Waals surface area contributed by atoms with E-state index < -0.39 is 0 Å². The highest BCUT2D eigenvalue weighted by molar-refractivity contribution is 7.99. The first-order chi connectivity index (χ1) is 8.16. The topological polar surface area (TPSA) is 32.3 Å². The Morgan fingerprint density at radius 3 is 3.06 bits per heavy atom. The fraction of sp³-hybridized carbons (Fsp3) is 0.538. The third-order valence-corrected chi connectivity index (χ3v) is 4.42. The molecule has 0 aliphatic carbocycles. The molecule has 2 nitrogen and oxygen atoms in total. The van der Waals surface area contributed by atoms with E-state index in [-0.39, 0.29) is 17.6 Å². The summed E-state index contributed by atoms with van der Waals surface area (Å²) in [6.07, 6.45) is 1.25. The van der Waals surface area contributed by atoms with Crippen LogP contribution in [0.2, 0.25) is 0 Å². The number of halogens is 1. The zero-order chi connectivity index (χ0) is 12.3. The highest BCUT2D eigenvalue weighted by Gasteiger charge is 2.17. The Morgan fingerprint density at radius 1 is 1.59 bits per heavy atom. The average Bonchev–Trinajstić information content (AvgIpc) is 2.78. The van der Waals surface area contributed by atoms with Crippen molar-refractivity contribution in [3.05, 3.63) is 29.6 Å². The summed E-state index contributed by atoms with van der Waals surface area (Å²) in [4.78, 5) is 0. The molecule has 1 aliphatic rings. The monoisotopic (exact) mass is 255 g/mol. The molecule has 17 heavy (non-hydrogen) atoms. The first-order valence-electron chi connectivity index (χ1n) is 5.96. The summed E-state index contributed by atoms with van der Waals surface area (Å²) in [5, 5.41) is 12.5. The molecule has 1 aliphatic heterocycles. The van der Waals surface area contributed by atoms with Crippen molar-refractivity contribution in [1.29, 1.82) is 0 Å². The van der Waals surface area contributed by atoms with Crippen LogP contribution in [0.5, 0.6) is 5.75 Å². The van der Waals surface area contributed by atoms with Crippen LogP contribution in [0.25, 0.3) is 0 Å². The summed E-state index contributed by atoms with van der Waals surface area (Å²) in [6, 6.07) is 4.33. The van der Waals surface area contributed by atoms with Crippen molar-refractivity contribution < 1.29 is 9.50 Å². The van der Waals surface area contributed by atoms with Gasteiger partial charge in [-0.05, 0) is 43.4 Å². The number of rotatable bonds is 4. The maximum atomic E-state index is 13.6. The molecule has 1 aromatic rings. The molecule has 1 heterocycles. The first kappa shape index (κ1) is 12.7. The van der Waals surface area contributed by atoms with E-state index in [2.05, 4.69) is 5.32 Å². The zero-order valence-electron chi connectivity index (χ0n) is 9.95. The normalized spacial score (nSPS) is 21.6. The Balaban J connectivity index is 1.91. The van der Waals surface area contributed by atoms with Gasteiger partial charge in [-0.1, -0.05) is 6.07 Å². The summed E-state index contributed by atoms with van der Waals surface area (Å²) >= 11 is 1.99. The maximum Gasteiger partial charge on any atom is 0.131 e. The van der Waals surface area contributed by atoms with E-state index in [0.717, 1.165) is 6.54 Å². The van der Waals surface area contributed by atoms with E-state index in [1.807, 2.05) is 18.7 Å². The van der Waals surface area contributed by atoms with Gasteiger partial charge in [0.1, 0.15) is 11.6 Å². The second kappa shape index (κ2) is 5.74. The molecular weight excluding hydrogens is 237 g/mol. The van der Waals surface area contributed by atoms with Crippen molar-refractivity contribution >= 4 is 11.8 Å². The molecule has 1 saturated heterocycles. The lowest BCUT2D eigenvalue weighted by atomic mass is 10.1. The van der Waals surface area contributed by atoms with Gasteiger partial charge < -0.3 is 10.4 Å². The summed E-state index contributed by atoms with van der Waals surface area (Å²) < 4.78 is 13.6. The lowest BCUT2D eigenvalue weighted by Gasteiger charge is -2.17. The molecule has 2 rings (SSSR count). The number of phenols is 1. The van der Waals surface area contributed by atoms with Crippen LogP contribution in [-0.4, -0.2) is 23.2 Å². The largest absolute Gasteiger partial charge is 0.508 e. The molecule has 0 spiro atoms. The zero-order valence-corrected chi connectivity index (χ0v) is 10.8. The lowest BCUT2D eigenvalue weighted by molar-refractivity contribution is 0.452. The summed E-state index contributed by atoms with van der Waals surface area (Å²) in [7, 11) is 0. The average molecular weight is 255 g/mol. The highest BCUT2D eigenvalue weighted by atomic mass is 32.2. The smallest absolute Gasteiger partial charge is 0.131 e. The number of aromatic hydroxyl groups is 1. The van der Waals surface area contributed by atoms with Crippen LogP contribution in [0.1, 0.15) is 24.9 Å². The van der Waals surface area contributed by atoms with Crippen molar-refractivity contribution in [1.82, 2.24) is 5.32 Å². The predicted molar refractivity (Wildman–Crippen MR) is 69.9 cm³/mol. The van der Waals surface area contributed by atoms with Gasteiger partial charge in [0.2, 0.25) is 0 Å². The predicted octanol–water partition coefficient (Wildman–Crippen LogP) is 2.94. The van der Waals surface area contributed by atoms with Crippen molar-refractivity contribution in [2.75, 3.05) is 18.1 Å². The molecule has 1 fully saturated rings. The molecular formula is C13H18FNOS. The van der Waals surface area contributed by atoms with Gasteiger partial charge in [-0.2, -0.15) is 11.8 Å². The molecule has 0 aromatic heterocycles. The summed E-state index contributed by atoms with van der Waals surface area (Å²) in [6.45, 7) is 2.89. The standard InChI is InChI=1S/C13H18FNOS/c1-9(15-7-10-4-5-17-8-10)12-3-2-11(16)6-13(12)14/h2-3,6,9-10,15-16H,4-5,7-8H2,1H3. The van der Waals surface area contributed by atoms with E-state index in [1.165, 1.54) is 30.1 Å². The van der Waals surface area contributed by atoms with E-state index in [1.54, 1.807) is 6.07 Å². The van der Waals surface area contributed by atoms with Crippen molar-refractivity contribution in [3.63, 3.8) is 0 Å². The van der Waals surface area contributed by atoms with Crippen LogP contribution in [0.15, 0.2) is 18.2 Å². The van der Waals surface area contributed by atoms with Gasteiger partial charge in [0.05, 0.1) is 0 Å². The van der Waals surface area contributed by atoms with Gasteiger partial charge in [-0.15, -0.1) is 0 Å². The van der Waals surface area contributed by atoms with E-state index in [0.29, 0.717) is 11.5 Å². The Hall–Kier alpha value is -0.740. The Morgan fingerprint density at radius 2 is 2.41 bits per heavy atom. The van der Waals surface area contributed by atoms with E-state index >= 15 is 0 Å². The Labute approximate surface area is 106 Å². The molecule has 2 atom stereocenters. The molecule has 0 saturated carbocycles. The van der Waals surface area contributed by atoms with Crippen LogP contribution < -0.4 is 5.32 Å². The number of hydrogen-bond donors (Lipinski definition) is 2. The summed E-state index contributed by atoms with van der Waals surface area (Å²) in [5.41, 5.74) is 0.619. The molecule has 1 aromatic carbocycles. The highest BCUT2D eigenvalue weighted by Crippen LogP contribution is 2.25. The molecule has 2 unspecified atom stereocenters. The molecule has 94 valence electrons. The van der Waals surface area contributed by atoms with Crippen molar-refractivity contribution in [2.24, 2.45) is 5.92 Å². The van der Waals surface area contributed by atoms with Crippen molar-refractivity contribution in [2.45, 2.75) is 19.4 Å². The maximum absolute atomic E-state index is 13.6. The quantitative estimate of drug-likeness (QED) is 0.867. The first-order valence-corrected chi connectivity index (χ1v) is 7.12. The molecule has 0 radical (unpaired) electrons. The van der Waals surface area contributed by atoms with Gasteiger partial charge >= 0.3 is 0 Å². The van der Waals surface area contributed by atoms with Crippen LogP contribution in [0.3, 0.4) is 0 Å². The molecule has 2 N–H and O–H groups in total. The number of thioether (sulfide) groups is 1. The fourth-order valence-electron chi connectivity index (χ4n) is 2.06. The minimum atomic E-state index is -0.342. The van der Waals surface area contributed by atoms with Gasteiger partial charge in [-0.3, -0.25) is 0 Å². The lowest BCUT2D eigenvalue weighted by Crippen LogP contribution is -2.26. The van der Waals surface area contributed by atoms with E-state index in [9.17, 15) is 4.39 Å². The Kier molecular flexibility index (Phi) is 4.29. The van der Waals surface area contributed by atoms with Gasteiger partial charge in [0.25, 0.3) is 0 Å². The van der Waals surface area contributed by atoms with Crippen LogP contribution in [0.4, 0.5) is 4.39 Å². The second-order valence-electron chi connectivity index (χ2n) is 4.57. The van der Waals surface area contributed by atoms with Crippen LogP contribution >= 0.6 is 11.8 Å². The number of phenolic OH excluding ortho intramolecular Hbond substituents is 1. The minimum absolute atomic E-state index is 0.0128. The fourth-order valence-corrected chi connectivity index (χ4v) is 3.35. The molecule has 4 heteroatoms. The number of benzene rings is 1. The van der Waals surface area contributed by atoms with E-state index in [4.69, 9.17) is 5.11 Å². The number of nitrogens with one attached hydrogen (secondary N) is 1. The number of hydrogen-bond acceptors (Lipinski definition) is 3. The molecule has 0 amide bonds. The third kappa shape index (κ3) is 3.36. The van der Waals surface area contributed by atoms with Crippen molar-refractivity contribution in [3.8, 4) is 5.75 Å². The molecule has 0 bridgehead atoms. The van der Waals surface area contributed by atoms with Crippen LogP contribution in [0, 0.1) is 11.7 Å². The van der Waals surface area contributed by atoms with Crippen LogP contribution in [-0.2, 0) is 0 Å².